The summed E-state index contributed by atoms with van der Waals surface area (Å²) < 4.78 is 0. The molecule has 1 heterocycles. The molecule has 1 atom stereocenters. The van der Waals surface area contributed by atoms with Crippen LogP contribution in [0.3, 0.4) is 0 Å². The molecule has 130 valence electrons. The van der Waals surface area contributed by atoms with E-state index < -0.39 is 5.97 Å². The Morgan fingerprint density at radius 2 is 1.68 bits per heavy atom. The molecular weight excluding hydrogens is 314 g/mol. The predicted octanol–water partition coefficient (Wildman–Crippen LogP) is 3.72. The van der Waals surface area contributed by atoms with Gasteiger partial charge in [-0.15, -0.1) is 0 Å². The Morgan fingerprint density at radius 1 is 0.960 bits per heavy atom. The van der Waals surface area contributed by atoms with E-state index in [2.05, 4.69) is 24.3 Å². The van der Waals surface area contributed by atoms with Crippen molar-refractivity contribution in [1.82, 2.24) is 4.90 Å². The van der Waals surface area contributed by atoms with Gasteiger partial charge in [-0.25, -0.2) is 4.79 Å². The number of amides is 1. The first-order chi connectivity index (χ1) is 12.1. The highest BCUT2D eigenvalue weighted by molar-refractivity contribution is 5.91. The number of rotatable bonds is 4. The lowest BCUT2D eigenvalue weighted by molar-refractivity contribution is -0.130. The van der Waals surface area contributed by atoms with Gasteiger partial charge in [-0.2, -0.15) is 0 Å². The summed E-state index contributed by atoms with van der Waals surface area (Å²) in [6, 6.07) is 17.2. The molecule has 2 aromatic carbocycles. The Labute approximate surface area is 148 Å². The molecule has 0 bridgehead atoms. The van der Waals surface area contributed by atoms with E-state index in [1.807, 2.05) is 11.0 Å². The van der Waals surface area contributed by atoms with Gasteiger partial charge in [0, 0.05) is 13.1 Å². The van der Waals surface area contributed by atoms with Gasteiger partial charge in [-0.05, 0) is 42.4 Å². The lowest BCUT2D eigenvalue weighted by atomic mass is 9.92. The molecule has 1 aliphatic heterocycles. The smallest absolute Gasteiger partial charge is 0.335 e. The summed E-state index contributed by atoms with van der Waals surface area (Å²) in [5, 5.41) is 9.27. The van der Waals surface area contributed by atoms with Crippen LogP contribution in [0.2, 0.25) is 0 Å². The Hall–Kier alpha value is -2.62. The standard InChI is InChI=1S/C21H23NO3/c23-20(15-18-9-4-5-11-19(18)21(24)25)22-13-6-10-17(12-14-22)16-7-2-1-3-8-16/h1-5,7-9,11,17H,6,10,12-15H2,(H,24,25). The first-order valence-corrected chi connectivity index (χ1v) is 8.79. The van der Waals surface area contributed by atoms with Crippen molar-refractivity contribution in [3.05, 3.63) is 71.3 Å². The Morgan fingerprint density at radius 3 is 2.44 bits per heavy atom. The van der Waals surface area contributed by atoms with Crippen LogP contribution < -0.4 is 0 Å². The lowest BCUT2D eigenvalue weighted by Gasteiger charge is -2.21. The van der Waals surface area contributed by atoms with Crippen LogP contribution in [-0.2, 0) is 11.2 Å². The van der Waals surface area contributed by atoms with Crippen molar-refractivity contribution < 1.29 is 14.7 Å². The van der Waals surface area contributed by atoms with Crippen LogP contribution in [0.5, 0.6) is 0 Å². The molecule has 4 heteroatoms. The van der Waals surface area contributed by atoms with E-state index >= 15 is 0 Å². The van der Waals surface area contributed by atoms with Crippen molar-refractivity contribution in [3.8, 4) is 0 Å². The van der Waals surface area contributed by atoms with E-state index in [1.54, 1.807) is 24.3 Å². The first-order valence-electron chi connectivity index (χ1n) is 8.79. The van der Waals surface area contributed by atoms with Gasteiger partial charge in [-0.1, -0.05) is 48.5 Å². The van der Waals surface area contributed by atoms with Gasteiger partial charge in [0.25, 0.3) is 0 Å². The van der Waals surface area contributed by atoms with Gasteiger partial charge in [0.1, 0.15) is 0 Å². The van der Waals surface area contributed by atoms with Crippen molar-refractivity contribution in [2.45, 2.75) is 31.6 Å². The minimum Gasteiger partial charge on any atom is -0.478 e. The van der Waals surface area contributed by atoms with Crippen molar-refractivity contribution in [3.63, 3.8) is 0 Å². The second kappa shape index (κ2) is 7.97. The molecule has 0 radical (unpaired) electrons. The number of hydrogen-bond acceptors (Lipinski definition) is 2. The Kier molecular flexibility index (Phi) is 5.49. The quantitative estimate of drug-likeness (QED) is 0.925. The van der Waals surface area contributed by atoms with E-state index in [4.69, 9.17) is 0 Å². The van der Waals surface area contributed by atoms with Crippen molar-refractivity contribution in [2.75, 3.05) is 13.1 Å². The van der Waals surface area contributed by atoms with Gasteiger partial charge in [0.2, 0.25) is 5.91 Å². The van der Waals surface area contributed by atoms with E-state index in [9.17, 15) is 14.7 Å². The number of nitrogens with zero attached hydrogens (tertiary/aromatic N) is 1. The third kappa shape index (κ3) is 4.27. The Bertz CT molecular complexity index is 742. The summed E-state index contributed by atoms with van der Waals surface area (Å²) in [7, 11) is 0. The normalized spacial score (nSPS) is 17.8. The molecule has 1 saturated heterocycles. The molecule has 0 saturated carbocycles. The minimum absolute atomic E-state index is 0.0161. The number of likely N-dealkylation sites (tertiary alicyclic amines) is 1. The third-order valence-electron chi connectivity index (χ3n) is 4.94. The van der Waals surface area contributed by atoms with E-state index in [0.717, 1.165) is 32.4 Å². The highest BCUT2D eigenvalue weighted by Crippen LogP contribution is 2.28. The van der Waals surface area contributed by atoms with Crippen LogP contribution >= 0.6 is 0 Å². The van der Waals surface area contributed by atoms with Gasteiger partial charge < -0.3 is 10.0 Å². The van der Waals surface area contributed by atoms with E-state index in [0.29, 0.717) is 11.5 Å². The number of carboxylic acids is 1. The molecule has 2 aromatic rings. The predicted molar refractivity (Wildman–Crippen MR) is 96.7 cm³/mol. The van der Waals surface area contributed by atoms with E-state index in [-0.39, 0.29) is 17.9 Å². The second-order valence-corrected chi connectivity index (χ2v) is 6.56. The summed E-state index contributed by atoms with van der Waals surface area (Å²) in [6.45, 7) is 1.48. The molecule has 1 N–H and O–H groups in total. The maximum absolute atomic E-state index is 12.7. The molecule has 0 aliphatic carbocycles. The average molecular weight is 337 g/mol. The summed E-state index contributed by atoms with van der Waals surface area (Å²) in [5.74, 6) is -0.476. The molecule has 1 aliphatic rings. The molecule has 1 fully saturated rings. The zero-order valence-electron chi connectivity index (χ0n) is 14.2. The van der Waals surface area contributed by atoms with Gasteiger partial charge in [0.15, 0.2) is 0 Å². The number of aromatic carboxylic acids is 1. The maximum atomic E-state index is 12.7. The largest absolute Gasteiger partial charge is 0.478 e. The van der Waals surface area contributed by atoms with Gasteiger partial charge >= 0.3 is 5.97 Å². The van der Waals surface area contributed by atoms with Crippen LogP contribution in [0.4, 0.5) is 0 Å². The summed E-state index contributed by atoms with van der Waals surface area (Å²) >= 11 is 0. The summed E-state index contributed by atoms with van der Waals surface area (Å²) in [5.41, 5.74) is 2.14. The monoisotopic (exact) mass is 337 g/mol. The number of carbonyl (C=O) groups excluding carboxylic acids is 1. The number of carbonyl (C=O) groups is 2. The number of carboxylic acid groups (broad SMARTS) is 1. The first kappa shape index (κ1) is 17.2. The molecule has 3 rings (SSSR count). The van der Waals surface area contributed by atoms with Crippen LogP contribution in [0.25, 0.3) is 0 Å². The highest BCUT2D eigenvalue weighted by Gasteiger charge is 2.22. The fourth-order valence-electron chi connectivity index (χ4n) is 3.56. The van der Waals surface area contributed by atoms with Crippen molar-refractivity contribution in [2.24, 2.45) is 0 Å². The second-order valence-electron chi connectivity index (χ2n) is 6.56. The van der Waals surface area contributed by atoms with E-state index in [1.165, 1.54) is 5.56 Å². The third-order valence-corrected chi connectivity index (χ3v) is 4.94. The fourth-order valence-corrected chi connectivity index (χ4v) is 3.56. The SMILES string of the molecule is O=C(O)c1ccccc1CC(=O)N1CCCC(c2ccccc2)CC1. The summed E-state index contributed by atoms with van der Waals surface area (Å²) in [6.07, 6.45) is 3.17. The molecule has 1 amide bonds. The van der Waals surface area contributed by atoms with Gasteiger partial charge in [-0.3, -0.25) is 4.79 Å². The topological polar surface area (TPSA) is 57.6 Å². The minimum atomic E-state index is -0.983. The van der Waals surface area contributed by atoms with Crippen LogP contribution in [0.1, 0.15) is 46.7 Å². The number of hydrogen-bond donors (Lipinski definition) is 1. The van der Waals surface area contributed by atoms with Crippen LogP contribution in [0.15, 0.2) is 54.6 Å². The Balaban J connectivity index is 1.65. The lowest BCUT2D eigenvalue weighted by Crippen LogP contribution is -2.33. The van der Waals surface area contributed by atoms with Crippen molar-refractivity contribution in [1.29, 1.82) is 0 Å². The number of benzene rings is 2. The molecule has 0 spiro atoms. The summed E-state index contributed by atoms with van der Waals surface area (Å²) in [4.78, 5) is 25.9. The average Bonchev–Trinajstić information content (AvgIpc) is 2.89. The van der Waals surface area contributed by atoms with Crippen molar-refractivity contribution >= 4 is 11.9 Å². The molecule has 4 nitrogen and oxygen atoms in total. The van der Waals surface area contributed by atoms with Crippen LogP contribution in [-0.4, -0.2) is 35.0 Å². The zero-order chi connectivity index (χ0) is 17.6. The molecule has 25 heavy (non-hydrogen) atoms. The van der Waals surface area contributed by atoms with Gasteiger partial charge in [0.05, 0.1) is 12.0 Å². The molecular formula is C21H23NO3. The fraction of sp³-hybridized carbons (Fsp3) is 0.333. The van der Waals surface area contributed by atoms with Crippen LogP contribution in [0, 0.1) is 0 Å². The molecule has 1 unspecified atom stereocenters. The maximum Gasteiger partial charge on any atom is 0.335 e. The highest BCUT2D eigenvalue weighted by atomic mass is 16.4. The zero-order valence-corrected chi connectivity index (χ0v) is 14.2. The molecule has 0 aromatic heterocycles.